The summed E-state index contributed by atoms with van der Waals surface area (Å²) >= 11 is 1.40. The van der Waals surface area contributed by atoms with Crippen molar-refractivity contribution in [2.75, 3.05) is 25.5 Å². The number of anilines is 1. The van der Waals surface area contributed by atoms with Crippen molar-refractivity contribution in [1.29, 1.82) is 5.26 Å². The molecular weight excluding hydrogens is 474 g/mol. The van der Waals surface area contributed by atoms with E-state index in [1.807, 2.05) is 36.4 Å². The lowest BCUT2D eigenvalue weighted by atomic mass is 10.0. The molecule has 2 aromatic heterocycles. The van der Waals surface area contributed by atoms with E-state index >= 15 is 0 Å². The lowest BCUT2D eigenvalue weighted by Crippen LogP contribution is -2.43. The standard InChI is InChI=1S/C27H27N5O3S/c1-35-23-5-3-2-4-18(23)20-14-21(20)25(33)31-26-22(15-28)19-9-13-32(16-24(19)36-26)27(34)30-12-8-17-6-10-29-11-7-17/h2-7,10-11,20-21H,8-9,12-14,16H2,1H3,(H,30,34)(H,31,33). The Bertz CT molecular complexity index is 1320. The smallest absolute Gasteiger partial charge is 0.317 e. The second-order valence-corrected chi connectivity index (χ2v) is 10.1. The zero-order valence-electron chi connectivity index (χ0n) is 20.0. The lowest BCUT2D eigenvalue weighted by Gasteiger charge is -2.27. The van der Waals surface area contributed by atoms with Crippen LogP contribution in [0.4, 0.5) is 9.80 Å². The molecule has 0 radical (unpaired) electrons. The number of nitrogens with one attached hydrogen (secondary N) is 2. The van der Waals surface area contributed by atoms with E-state index in [4.69, 9.17) is 4.74 Å². The van der Waals surface area contributed by atoms with E-state index in [0.29, 0.717) is 36.6 Å². The number of carbonyl (C=O) groups excluding carboxylic acids is 2. The van der Waals surface area contributed by atoms with Gasteiger partial charge in [0, 0.05) is 36.3 Å². The third-order valence-electron chi connectivity index (χ3n) is 6.80. The van der Waals surface area contributed by atoms with Crippen molar-refractivity contribution >= 4 is 28.3 Å². The molecule has 3 amide bonds. The number of pyridine rings is 1. The van der Waals surface area contributed by atoms with E-state index in [1.54, 1.807) is 24.4 Å². The number of nitrogens with zero attached hydrogens (tertiary/aromatic N) is 3. The SMILES string of the molecule is COc1ccccc1C1CC1C(=O)Nc1sc2c(c1C#N)CCN(C(=O)NCCc1ccncc1)C2. The van der Waals surface area contributed by atoms with Crippen molar-refractivity contribution in [2.45, 2.75) is 31.7 Å². The quantitative estimate of drug-likeness (QED) is 0.507. The molecule has 1 saturated carbocycles. The van der Waals surface area contributed by atoms with E-state index < -0.39 is 0 Å². The number of rotatable bonds is 7. The topological polar surface area (TPSA) is 107 Å². The summed E-state index contributed by atoms with van der Waals surface area (Å²) in [4.78, 5) is 32.5. The summed E-state index contributed by atoms with van der Waals surface area (Å²) < 4.78 is 5.45. The molecule has 9 heteroatoms. The fraction of sp³-hybridized carbons (Fsp3) is 0.333. The number of benzene rings is 1. The number of hydrogen-bond donors (Lipinski definition) is 2. The van der Waals surface area contributed by atoms with Crippen LogP contribution < -0.4 is 15.4 Å². The number of amides is 3. The summed E-state index contributed by atoms with van der Waals surface area (Å²) in [5, 5.41) is 16.4. The van der Waals surface area contributed by atoms with Gasteiger partial charge in [-0.25, -0.2) is 4.79 Å². The first-order valence-electron chi connectivity index (χ1n) is 12.0. The van der Waals surface area contributed by atoms with Crippen molar-refractivity contribution in [1.82, 2.24) is 15.2 Å². The molecule has 184 valence electrons. The van der Waals surface area contributed by atoms with Crippen LogP contribution in [0.3, 0.4) is 0 Å². The summed E-state index contributed by atoms with van der Waals surface area (Å²) in [5.74, 6) is 0.690. The molecule has 1 aliphatic carbocycles. The largest absolute Gasteiger partial charge is 0.496 e. The van der Waals surface area contributed by atoms with Gasteiger partial charge in [-0.2, -0.15) is 5.26 Å². The maximum Gasteiger partial charge on any atom is 0.317 e. The minimum atomic E-state index is -0.144. The van der Waals surface area contributed by atoms with Gasteiger partial charge in [-0.1, -0.05) is 18.2 Å². The maximum atomic E-state index is 13.0. The summed E-state index contributed by atoms with van der Waals surface area (Å²) in [5.41, 5.74) is 3.62. The van der Waals surface area contributed by atoms with Gasteiger partial charge in [0.15, 0.2) is 0 Å². The van der Waals surface area contributed by atoms with Crippen LogP contribution in [-0.2, 0) is 24.2 Å². The minimum Gasteiger partial charge on any atom is -0.496 e. The van der Waals surface area contributed by atoms with Crippen molar-refractivity contribution in [3.05, 3.63) is 75.9 Å². The van der Waals surface area contributed by atoms with Gasteiger partial charge in [0.25, 0.3) is 0 Å². The molecule has 1 aromatic carbocycles. The van der Waals surface area contributed by atoms with Crippen LogP contribution in [0.15, 0.2) is 48.8 Å². The number of aromatic nitrogens is 1. The molecular formula is C27H27N5O3S. The van der Waals surface area contributed by atoms with Crippen LogP contribution in [-0.4, -0.2) is 42.0 Å². The zero-order valence-corrected chi connectivity index (χ0v) is 20.8. The lowest BCUT2D eigenvalue weighted by molar-refractivity contribution is -0.117. The molecule has 0 saturated heterocycles. The normalized spacial score (nSPS) is 18.1. The highest BCUT2D eigenvalue weighted by molar-refractivity contribution is 7.16. The number of thiophene rings is 1. The molecule has 8 nitrogen and oxygen atoms in total. The van der Waals surface area contributed by atoms with Gasteiger partial charge in [-0.3, -0.25) is 9.78 Å². The molecule has 0 spiro atoms. The molecule has 2 aliphatic rings. The van der Waals surface area contributed by atoms with Gasteiger partial charge in [0.1, 0.15) is 16.8 Å². The van der Waals surface area contributed by atoms with Gasteiger partial charge in [0.05, 0.1) is 19.2 Å². The van der Waals surface area contributed by atoms with Gasteiger partial charge >= 0.3 is 6.03 Å². The molecule has 36 heavy (non-hydrogen) atoms. The number of methoxy groups -OCH3 is 1. The van der Waals surface area contributed by atoms with Gasteiger partial charge in [-0.15, -0.1) is 11.3 Å². The van der Waals surface area contributed by atoms with Crippen LogP contribution in [0.2, 0.25) is 0 Å². The first-order chi connectivity index (χ1) is 17.6. The number of ether oxygens (including phenoxy) is 1. The molecule has 2 unspecified atom stereocenters. The van der Waals surface area contributed by atoms with Crippen LogP contribution in [0, 0.1) is 17.2 Å². The molecule has 1 aliphatic heterocycles. The Kier molecular flexibility index (Phi) is 6.87. The maximum absolute atomic E-state index is 13.0. The molecule has 3 aromatic rings. The average Bonchev–Trinajstić information content (AvgIpc) is 3.64. The highest BCUT2D eigenvalue weighted by atomic mass is 32.1. The monoisotopic (exact) mass is 501 g/mol. The third kappa shape index (κ3) is 4.90. The molecule has 0 bridgehead atoms. The molecule has 5 rings (SSSR count). The summed E-state index contributed by atoms with van der Waals surface area (Å²) in [6.45, 7) is 1.50. The predicted octanol–water partition coefficient (Wildman–Crippen LogP) is 4.08. The van der Waals surface area contributed by atoms with Crippen molar-refractivity contribution in [3.8, 4) is 11.8 Å². The second-order valence-electron chi connectivity index (χ2n) is 9.01. The van der Waals surface area contributed by atoms with Crippen LogP contribution in [0.1, 0.15) is 39.5 Å². The minimum absolute atomic E-state index is 0.0771. The molecule has 1 fully saturated rings. The number of carbonyl (C=O) groups is 2. The number of urea groups is 1. The van der Waals surface area contributed by atoms with Crippen molar-refractivity contribution < 1.29 is 14.3 Å². The second kappa shape index (κ2) is 10.4. The Morgan fingerprint density at radius 3 is 2.83 bits per heavy atom. The van der Waals surface area contributed by atoms with Crippen molar-refractivity contribution in [3.63, 3.8) is 0 Å². The molecule has 2 atom stereocenters. The van der Waals surface area contributed by atoms with Gasteiger partial charge in [-0.05, 0) is 60.1 Å². The number of nitriles is 1. The zero-order chi connectivity index (χ0) is 25.1. The highest BCUT2D eigenvalue weighted by Gasteiger charge is 2.45. The van der Waals surface area contributed by atoms with E-state index in [9.17, 15) is 14.9 Å². The fourth-order valence-corrected chi connectivity index (χ4v) is 5.98. The van der Waals surface area contributed by atoms with Gasteiger partial charge in [0.2, 0.25) is 5.91 Å². The van der Waals surface area contributed by atoms with Crippen LogP contribution in [0.25, 0.3) is 0 Å². The number of para-hydroxylation sites is 1. The van der Waals surface area contributed by atoms with Crippen molar-refractivity contribution in [2.24, 2.45) is 5.92 Å². The van der Waals surface area contributed by atoms with Crippen LogP contribution in [0.5, 0.6) is 5.75 Å². The Morgan fingerprint density at radius 2 is 2.06 bits per heavy atom. The Balaban J connectivity index is 1.20. The van der Waals surface area contributed by atoms with E-state index in [0.717, 1.165) is 40.2 Å². The summed E-state index contributed by atoms with van der Waals surface area (Å²) in [6.07, 6.45) is 5.57. The Hall–Kier alpha value is -3.90. The molecule has 2 N–H and O–H groups in total. The first kappa shape index (κ1) is 23.8. The van der Waals surface area contributed by atoms with E-state index in [-0.39, 0.29) is 23.8 Å². The van der Waals surface area contributed by atoms with Crippen LogP contribution >= 0.6 is 11.3 Å². The average molecular weight is 502 g/mol. The number of hydrogen-bond acceptors (Lipinski definition) is 6. The highest BCUT2D eigenvalue weighted by Crippen LogP contribution is 2.51. The summed E-state index contributed by atoms with van der Waals surface area (Å²) in [6, 6.07) is 13.8. The Labute approximate surface area is 213 Å². The van der Waals surface area contributed by atoms with Gasteiger partial charge < -0.3 is 20.3 Å². The third-order valence-corrected chi connectivity index (χ3v) is 7.93. The molecule has 3 heterocycles. The fourth-order valence-electron chi connectivity index (χ4n) is 4.76. The van der Waals surface area contributed by atoms with E-state index in [1.165, 1.54) is 11.3 Å². The van der Waals surface area contributed by atoms with E-state index in [2.05, 4.69) is 21.7 Å². The summed E-state index contributed by atoms with van der Waals surface area (Å²) in [7, 11) is 1.64. The number of fused-ring (bicyclic) bond motifs is 1. The first-order valence-corrected chi connectivity index (χ1v) is 12.8. The Morgan fingerprint density at radius 1 is 1.25 bits per heavy atom. The predicted molar refractivity (Wildman–Crippen MR) is 137 cm³/mol.